The number of hydrogen-bond donors (Lipinski definition) is 0. The molecular formula is C14H17Cl3. The minimum atomic E-state index is 0.230. The van der Waals surface area contributed by atoms with E-state index in [1.165, 1.54) is 32.1 Å². The first-order valence-corrected chi connectivity index (χ1v) is 7.44. The maximum Gasteiger partial charge on any atom is 0.0439 e. The average Bonchev–Trinajstić information content (AvgIpc) is 2.35. The molecule has 0 bridgehead atoms. The van der Waals surface area contributed by atoms with Gasteiger partial charge in [0.05, 0.1) is 0 Å². The lowest BCUT2D eigenvalue weighted by Gasteiger charge is -2.36. The Kier molecular flexibility index (Phi) is 4.63. The molecule has 0 nitrogen and oxygen atoms in total. The van der Waals surface area contributed by atoms with Gasteiger partial charge in [0.25, 0.3) is 0 Å². The van der Waals surface area contributed by atoms with Crippen LogP contribution < -0.4 is 0 Å². The maximum absolute atomic E-state index is 6.23. The SMILES string of the molecule is ClCC1(Cc2cc(Cl)ccc2Cl)CCCCC1. The molecule has 1 saturated carbocycles. The molecule has 0 N–H and O–H groups in total. The summed E-state index contributed by atoms with van der Waals surface area (Å²) in [5.41, 5.74) is 1.37. The van der Waals surface area contributed by atoms with E-state index in [0.29, 0.717) is 0 Å². The van der Waals surface area contributed by atoms with Crippen molar-refractivity contribution in [2.24, 2.45) is 5.41 Å². The van der Waals surface area contributed by atoms with E-state index in [-0.39, 0.29) is 5.41 Å². The summed E-state index contributed by atoms with van der Waals surface area (Å²) in [7, 11) is 0. The van der Waals surface area contributed by atoms with Crippen molar-refractivity contribution < 1.29 is 0 Å². The minimum Gasteiger partial charge on any atom is -0.126 e. The lowest BCUT2D eigenvalue weighted by atomic mass is 9.72. The fourth-order valence-corrected chi connectivity index (χ4v) is 3.48. The average molecular weight is 292 g/mol. The number of alkyl halides is 1. The fourth-order valence-electron chi connectivity index (χ4n) is 2.74. The first kappa shape index (κ1) is 13.5. The summed E-state index contributed by atoms with van der Waals surface area (Å²) in [5, 5.41) is 1.56. The summed E-state index contributed by atoms with van der Waals surface area (Å²) in [6.07, 6.45) is 7.27. The molecule has 1 fully saturated rings. The largest absolute Gasteiger partial charge is 0.126 e. The lowest BCUT2D eigenvalue weighted by molar-refractivity contribution is 0.219. The molecule has 1 aromatic rings. The fraction of sp³-hybridized carbons (Fsp3) is 0.571. The van der Waals surface area contributed by atoms with E-state index >= 15 is 0 Å². The first-order valence-electron chi connectivity index (χ1n) is 6.15. The molecule has 0 unspecified atom stereocenters. The zero-order valence-corrected chi connectivity index (χ0v) is 12.1. The van der Waals surface area contributed by atoms with Crippen molar-refractivity contribution in [2.75, 3.05) is 5.88 Å². The van der Waals surface area contributed by atoms with Gasteiger partial charge < -0.3 is 0 Å². The smallest absolute Gasteiger partial charge is 0.0439 e. The minimum absolute atomic E-state index is 0.230. The molecule has 0 aliphatic heterocycles. The summed E-state index contributed by atoms with van der Waals surface area (Å²) in [5.74, 6) is 0.718. The van der Waals surface area contributed by atoms with Crippen LogP contribution in [0.4, 0.5) is 0 Å². The molecule has 1 aromatic carbocycles. The Hall–Kier alpha value is 0.0900. The lowest BCUT2D eigenvalue weighted by Crippen LogP contribution is -2.28. The van der Waals surface area contributed by atoms with Crippen molar-refractivity contribution >= 4 is 34.8 Å². The Morgan fingerprint density at radius 2 is 1.76 bits per heavy atom. The van der Waals surface area contributed by atoms with Gasteiger partial charge in [-0.05, 0) is 48.4 Å². The Balaban J connectivity index is 2.20. The molecule has 0 heterocycles. The van der Waals surface area contributed by atoms with Gasteiger partial charge in [-0.2, -0.15) is 0 Å². The van der Waals surface area contributed by atoms with E-state index in [4.69, 9.17) is 34.8 Å². The van der Waals surface area contributed by atoms with Crippen LogP contribution in [0.15, 0.2) is 18.2 Å². The van der Waals surface area contributed by atoms with Crippen LogP contribution in [0.1, 0.15) is 37.7 Å². The topological polar surface area (TPSA) is 0 Å². The molecule has 94 valence electrons. The van der Waals surface area contributed by atoms with E-state index < -0.39 is 0 Å². The Labute approximate surface area is 118 Å². The maximum atomic E-state index is 6.23. The van der Waals surface area contributed by atoms with Crippen molar-refractivity contribution in [3.8, 4) is 0 Å². The third-order valence-electron chi connectivity index (χ3n) is 3.77. The number of halogens is 3. The third-order valence-corrected chi connectivity index (χ3v) is 4.94. The van der Waals surface area contributed by atoms with Crippen LogP contribution >= 0.6 is 34.8 Å². The second-order valence-corrected chi connectivity index (χ2v) is 6.22. The highest BCUT2D eigenvalue weighted by Crippen LogP contribution is 2.41. The number of hydrogen-bond acceptors (Lipinski definition) is 0. The second kappa shape index (κ2) is 5.82. The van der Waals surface area contributed by atoms with Gasteiger partial charge in [-0.1, -0.05) is 42.5 Å². The van der Waals surface area contributed by atoms with E-state index in [1.807, 2.05) is 18.2 Å². The van der Waals surface area contributed by atoms with Gasteiger partial charge in [0.15, 0.2) is 0 Å². The van der Waals surface area contributed by atoms with Crippen LogP contribution in [0.3, 0.4) is 0 Å². The van der Waals surface area contributed by atoms with Gasteiger partial charge >= 0.3 is 0 Å². The number of benzene rings is 1. The van der Waals surface area contributed by atoms with Crippen molar-refractivity contribution in [1.29, 1.82) is 0 Å². The van der Waals surface area contributed by atoms with Crippen molar-refractivity contribution in [3.63, 3.8) is 0 Å². The molecule has 2 rings (SSSR count). The molecule has 0 radical (unpaired) electrons. The van der Waals surface area contributed by atoms with Gasteiger partial charge in [0.1, 0.15) is 0 Å². The molecule has 0 atom stereocenters. The monoisotopic (exact) mass is 290 g/mol. The first-order chi connectivity index (χ1) is 8.15. The van der Waals surface area contributed by atoms with Crippen LogP contribution in [-0.4, -0.2) is 5.88 Å². The third kappa shape index (κ3) is 3.30. The van der Waals surface area contributed by atoms with E-state index in [1.54, 1.807) is 0 Å². The Morgan fingerprint density at radius 3 is 2.41 bits per heavy atom. The van der Waals surface area contributed by atoms with Crippen molar-refractivity contribution in [1.82, 2.24) is 0 Å². The molecule has 1 aliphatic rings. The van der Waals surface area contributed by atoms with Crippen molar-refractivity contribution in [2.45, 2.75) is 38.5 Å². The standard InChI is InChI=1S/C14H17Cl3/c15-10-14(6-2-1-3-7-14)9-11-8-12(16)4-5-13(11)17/h4-5,8H,1-3,6-7,9-10H2. The Morgan fingerprint density at radius 1 is 1.06 bits per heavy atom. The molecule has 0 saturated heterocycles. The van der Waals surface area contributed by atoms with E-state index in [0.717, 1.165) is 27.9 Å². The predicted molar refractivity (Wildman–Crippen MR) is 76.4 cm³/mol. The van der Waals surface area contributed by atoms with Gasteiger partial charge in [-0.3, -0.25) is 0 Å². The zero-order chi connectivity index (χ0) is 12.3. The van der Waals surface area contributed by atoms with Crippen LogP contribution in [0.2, 0.25) is 10.0 Å². The summed E-state index contributed by atoms with van der Waals surface area (Å²) in [4.78, 5) is 0. The highest BCUT2D eigenvalue weighted by Gasteiger charge is 2.31. The number of rotatable bonds is 3. The zero-order valence-electron chi connectivity index (χ0n) is 9.82. The normalized spacial score (nSPS) is 19.2. The van der Waals surface area contributed by atoms with Crippen molar-refractivity contribution in [3.05, 3.63) is 33.8 Å². The summed E-state index contributed by atoms with van der Waals surface area (Å²) in [6, 6.07) is 5.69. The van der Waals surface area contributed by atoms with Gasteiger partial charge in [-0.25, -0.2) is 0 Å². The summed E-state index contributed by atoms with van der Waals surface area (Å²) < 4.78 is 0. The van der Waals surface area contributed by atoms with Crippen LogP contribution in [-0.2, 0) is 6.42 Å². The quantitative estimate of drug-likeness (QED) is 0.624. The predicted octanol–water partition coefficient (Wildman–Crippen LogP) is 5.73. The van der Waals surface area contributed by atoms with Crippen LogP contribution in [0.5, 0.6) is 0 Å². The van der Waals surface area contributed by atoms with Gasteiger partial charge in [0, 0.05) is 15.9 Å². The molecule has 0 aromatic heterocycles. The molecule has 0 spiro atoms. The Bertz CT molecular complexity index is 381. The van der Waals surface area contributed by atoms with Crippen LogP contribution in [0, 0.1) is 5.41 Å². The highest BCUT2D eigenvalue weighted by atomic mass is 35.5. The molecule has 0 amide bonds. The molecule has 3 heteroatoms. The van der Waals surface area contributed by atoms with Crippen LogP contribution in [0.25, 0.3) is 0 Å². The molecule has 17 heavy (non-hydrogen) atoms. The van der Waals surface area contributed by atoms with E-state index in [9.17, 15) is 0 Å². The van der Waals surface area contributed by atoms with Gasteiger partial charge in [-0.15, -0.1) is 11.6 Å². The summed E-state index contributed by atoms with van der Waals surface area (Å²) >= 11 is 18.5. The van der Waals surface area contributed by atoms with E-state index in [2.05, 4.69) is 0 Å². The summed E-state index contributed by atoms with van der Waals surface area (Å²) in [6.45, 7) is 0. The molecular weight excluding hydrogens is 275 g/mol. The molecule has 1 aliphatic carbocycles. The highest BCUT2D eigenvalue weighted by molar-refractivity contribution is 6.33. The van der Waals surface area contributed by atoms with Gasteiger partial charge in [0.2, 0.25) is 0 Å². The second-order valence-electron chi connectivity index (χ2n) is 5.11.